The van der Waals surface area contributed by atoms with Gasteiger partial charge < -0.3 is 24.1 Å². The first kappa shape index (κ1) is 21.1. The molecule has 2 aliphatic rings. The highest BCUT2D eigenvalue weighted by Gasteiger charge is 2.70. The van der Waals surface area contributed by atoms with Gasteiger partial charge in [0.15, 0.2) is 8.32 Å². The Morgan fingerprint density at radius 3 is 2.24 bits per heavy atom. The van der Waals surface area contributed by atoms with Gasteiger partial charge in [0.05, 0.1) is 24.9 Å². The van der Waals surface area contributed by atoms with Gasteiger partial charge in [-0.3, -0.25) is 0 Å². The van der Waals surface area contributed by atoms with Crippen LogP contribution in [0.25, 0.3) is 0 Å². The predicted octanol–water partition coefficient (Wildman–Crippen LogP) is 2.93. The van der Waals surface area contributed by atoms with E-state index in [1.807, 2.05) is 0 Å². The van der Waals surface area contributed by atoms with Gasteiger partial charge in [-0.15, -0.1) is 0 Å². The zero-order chi connectivity index (χ0) is 19.3. The van der Waals surface area contributed by atoms with Gasteiger partial charge in [0, 0.05) is 30.8 Å². The van der Waals surface area contributed by atoms with E-state index in [-0.39, 0.29) is 43.0 Å². The van der Waals surface area contributed by atoms with Gasteiger partial charge in [0.2, 0.25) is 0 Å². The topological polar surface area (TPSA) is 68.2 Å². The summed E-state index contributed by atoms with van der Waals surface area (Å²) < 4.78 is 17.9. The van der Waals surface area contributed by atoms with Crippen LogP contribution in [-0.4, -0.2) is 57.4 Å². The molecule has 25 heavy (non-hydrogen) atoms. The third-order valence-electron chi connectivity index (χ3n) is 6.94. The van der Waals surface area contributed by atoms with Crippen LogP contribution < -0.4 is 0 Å². The Bertz CT molecular complexity index is 508. The fraction of sp³-hybridized carbons (Fsp3) is 0.895. The number of ether oxygens (including phenoxy) is 2. The molecule has 0 spiro atoms. The van der Waals surface area contributed by atoms with E-state index in [1.165, 1.54) is 0 Å². The van der Waals surface area contributed by atoms with Crippen molar-refractivity contribution in [1.29, 1.82) is 0 Å². The van der Waals surface area contributed by atoms with E-state index in [0.29, 0.717) is 0 Å². The minimum absolute atomic E-state index is 0.0000756. The molecule has 5 nitrogen and oxygen atoms in total. The molecule has 2 rings (SSSR count). The van der Waals surface area contributed by atoms with Crippen molar-refractivity contribution in [2.45, 2.75) is 64.0 Å². The number of hydrogen-bond acceptors (Lipinski definition) is 5. The average molecular weight is 373 g/mol. The number of rotatable bonds is 7. The predicted molar refractivity (Wildman–Crippen MR) is 101 cm³/mol. The number of aliphatic hydroxyl groups is 2. The molecule has 2 fully saturated rings. The Kier molecular flexibility index (Phi) is 5.67. The Balaban J connectivity index is 2.34. The van der Waals surface area contributed by atoms with Gasteiger partial charge in [-0.25, -0.2) is 0 Å². The normalized spacial score (nSPS) is 34.8. The lowest BCUT2D eigenvalue weighted by Gasteiger charge is -2.58. The molecule has 4 atom stereocenters. The van der Waals surface area contributed by atoms with E-state index in [9.17, 15) is 10.2 Å². The molecule has 2 N–H and O–H groups in total. The van der Waals surface area contributed by atoms with Crippen LogP contribution in [0.15, 0.2) is 12.2 Å². The minimum Gasteiger partial charge on any atom is -0.411 e. The van der Waals surface area contributed by atoms with Crippen molar-refractivity contribution in [2.75, 3.05) is 27.1 Å². The molecule has 6 heteroatoms. The summed E-state index contributed by atoms with van der Waals surface area (Å²) in [5.41, 5.74) is -0.179. The van der Waals surface area contributed by atoms with Crippen LogP contribution in [0, 0.1) is 17.3 Å². The monoisotopic (exact) mass is 372 g/mol. The van der Waals surface area contributed by atoms with Gasteiger partial charge in [-0.1, -0.05) is 32.9 Å². The molecule has 0 aromatic carbocycles. The summed E-state index contributed by atoms with van der Waals surface area (Å²) in [6, 6.07) is 0. The molecular formula is C19H36O5Si. The average Bonchev–Trinajstić information content (AvgIpc) is 2.74. The smallest absolute Gasteiger partial charge is 0.192 e. The summed E-state index contributed by atoms with van der Waals surface area (Å²) in [7, 11) is -0.390. The molecule has 0 radical (unpaired) electrons. The summed E-state index contributed by atoms with van der Waals surface area (Å²) in [6.07, 6.45) is 0.600. The van der Waals surface area contributed by atoms with Crippen molar-refractivity contribution in [3.63, 3.8) is 0 Å². The summed E-state index contributed by atoms with van der Waals surface area (Å²) in [5, 5.41) is 20.1. The van der Waals surface area contributed by atoms with Gasteiger partial charge >= 0.3 is 0 Å². The lowest BCUT2D eigenvalue weighted by molar-refractivity contribution is -0.142. The van der Waals surface area contributed by atoms with Crippen LogP contribution in [-0.2, 0) is 13.9 Å². The lowest BCUT2D eigenvalue weighted by Crippen LogP contribution is -2.61. The molecule has 0 saturated heterocycles. The molecule has 0 aromatic rings. The SMILES string of the molecule is C=C1[C@H]2[C@H]([C@@H](OCOC)C[C@]2(C)O[Si](C)(C)C(C)(C)C)C1(CO)CO. The van der Waals surface area contributed by atoms with Crippen LogP contribution in [0.4, 0.5) is 0 Å². The molecular weight excluding hydrogens is 336 g/mol. The van der Waals surface area contributed by atoms with Crippen LogP contribution in [0.1, 0.15) is 34.1 Å². The summed E-state index contributed by atoms with van der Waals surface area (Å²) >= 11 is 0. The molecule has 146 valence electrons. The zero-order valence-electron chi connectivity index (χ0n) is 16.9. The van der Waals surface area contributed by atoms with Gasteiger partial charge in [0.25, 0.3) is 0 Å². The molecule has 0 bridgehead atoms. The van der Waals surface area contributed by atoms with Crippen molar-refractivity contribution in [2.24, 2.45) is 17.3 Å². The fourth-order valence-electron chi connectivity index (χ4n) is 4.56. The quantitative estimate of drug-likeness (QED) is 0.409. The van der Waals surface area contributed by atoms with Crippen molar-refractivity contribution in [3.05, 3.63) is 12.2 Å². The number of hydrogen-bond donors (Lipinski definition) is 2. The second kappa shape index (κ2) is 6.73. The summed E-state index contributed by atoms with van der Waals surface area (Å²) in [5.74, 6) is 0.0858. The van der Waals surface area contributed by atoms with E-state index in [2.05, 4.69) is 47.4 Å². The molecule has 0 aliphatic heterocycles. The van der Waals surface area contributed by atoms with Crippen LogP contribution in [0.3, 0.4) is 0 Å². The Hall–Kier alpha value is -0.243. The number of methoxy groups -OCH3 is 1. The van der Waals surface area contributed by atoms with E-state index in [4.69, 9.17) is 13.9 Å². The molecule has 0 heterocycles. The molecule has 0 amide bonds. The van der Waals surface area contributed by atoms with E-state index in [1.54, 1.807) is 7.11 Å². The third-order valence-corrected chi connectivity index (χ3v) is 11.5. The van der Waals surface area contributed by atoms with E-state index < -0.39 is 19.3 Å². The van der Waals surface area contributed by atoms with Crippen molar-refractivity contribution < 1.29 is 24.1 Å². The van der Waals surface area contributed by atoms with Crippen LogP contribution in [0.5, 0.6) is 0 Å². The minimum atomic E-state index is -1.99. The maximum Gasteiger partial charge on any atom is 0.192 e. The highest BCUT2D eigenvalue weighted by Crippen LogP contribution is 2.67. The Morgan fingerprint density at radius 2 is 1.80 bits per heavy atom. The maximum atomic E-state index is 9.99. The van der Waals surface area contributed by atoms with Gasteiger partial charge in [-0.2, -0.15) is 0 Å². The third kappa shape index (κ3) is 3.15. The summed E-state index contributed by atoms with van der Waals surface area (Å²) in [6.45, 7) is 17.5. The Labute approximate surface area is 153 Å². The maximum absolute atomic E-state index is 9.99. The van der Waals surface area contributed by atoms with Crippen molar-refractivity contribution in [3.8, 4) is 0 Å². The molecule has 2 aliphatic carbocycles. The van der Waals surface area contributed by atoms with Gasteiger partial charge in [-0.05, 0) is 25.1 Å². The first-order valence-electron chi connectivity index (χ1n) is 9.12. The van der Waals surface area contributed by atoms with Crippen molar-refractivity contribution >= 4 is 8.32 Å². The lowest BCUT2D eigenvalue weighted by atomic mass is 9.50. The summed E-state index contributed by atoms with van der Waals surface area (Å²) in [4.78, 5) is 0. The van der Waals surface area contributed by atoms with Crippen LogP contribution in [0.2, 0.25) is 18.1 Å². The number of fused-ring (bicyclic) bond motifs is 1. The van der Waals surface area contributed by atoms with E-state index >= 15 is 0 Å². The number of aliphatic hydroxyl groups excluding tert-OH is 2. The standard InChI is InChI=1S/C19H36O5Si/c1-13-15-16(19(13,10-20)11-21)14(23-12-22-6)9-18(15,5)24-25(7,8)17(2,3)4/h14-16,20-21H,1,9-12H2,2-8H3/t14-,15-,16-,18-/m0/s1. The highest BCUT2D eigenvalue weighted by molar-refractivity contribution is 6.74. The zero-order valence-corrected chi connectivity index (χ0v) is 17.9. The second-order valence-electron chi connectivity index (χ2n) is 9.49. The first-order valence-corrected chi connectivity index (χ1v) is 12.0. The first-order chi connectivity index (χ1) is 11.4. The van der Waals surface area contributed by atoms with Crippen molar-refractivity contribution in [1.82, 2.24) is 0 Å². The molecule has 2 saturated carbocycles. The Morgan fingerprint density at radius 1 is 1.24 bits per heavy atom. The molecule has 0 unspecified atom stereocenters. The van der Waals surface area contributed by atoms with Crippen LogP contribution >= 0.6 is 0 Å². The second-order valence-corrected chi connectivity index (χ2v) is 14.2. The highest BCUT2D eigenvalue weighted by atomic mass is 28.4. The van der Waals surface area contributed by atoms with E-state index in [0.717, 1.165) is 12.0 Å². The fourth-order valence-corrected chi connectivity index (χ4v) is 6.24. The molecule has 0 aromatic heterocycles. The largest absolute Gasteiger partial charge is 0.411 e. The van der Waals surface area contributed by atoms with Gasteiger partial charge in [0.1, 0.15) is 6.79 Å².